The third-order valence-corrected chi connectivity index (χ3v) is 1.87. The maximum Gasteiger partial charge on any atom is 0.312 e. The van der Waals surface area contributed by atoms with Gasteiger partial charge in [-0.25, -0.2) is 0 Å². The van der Waals surface area contributed by atoms with Crippen molar-refractivity contribution in [2.75, 3.05) is 12.0 Å². The van der Waals surface area contributed by atoms with E-state index in [4.69, 9.17) is 4.74 Å². The number of cyclic esters (lactones) is 1. The van der Waals surface area contributed by atoms with E-state index < -0.39 is 0 Å². The molecule has 0 spiro atoms. The van der Waals surface area contributed by atoms with E-state index in [0.717, 1.165) is 11.4 Å². The van der Waals surface area contributed by atoms with Gasteiger partial charge in [-0.15, -0.1) is 0 Å². The lowest BCUT2D eigenvalue weighted by Gasteiger charge is -1.99. The first-order valence-electron chi connectivity index (χ1n) is 4.37. The van der Waals surface area contributed by atoms with E-state index >= 15 is 0 Å². The van der Waals surface area contributed by atoms with Crippen molar-refractivity contribution >= 4 is 17.4 Å². The minimum Gasteiger partial charge on any atom is -0.459 e. The number of rotatable bonds is 2. The molecule has 0 atom stereocenters. The van der Waals surface area contributed by atoms with Gasteiger partial charge in [0.25, 0.3) is 0 Å². The van der Waals surface area contributed by atoms with E-state index in [1.807, 2.05) is 30.3 Å². The van der Waals surface area contributed by atoms with Gasteiger partial charge >= 0.3 is 5.97 Å². The van der Waals surface area contributed by atoms with E-state index in [0.29, 0.717) is 13.0 Å². The molecule has 1 aliphatic rings. The summed E-state index contributed by atoms with van der Waals surface area (Å²) in [5, 5.41) is 4.06. The fourth-order valence-electron chi connectivity index (χ4n) is 1.16. The van der Waals surface area contributed by atoms with Gasteiger partial charge in [0.15, 0.2) is 0 Å². The van der Waals surface area contributed by atoms with Crippen molar-refractivity contribution < 1.29 is 9.53 Å². The van der Waals surface area contributed by atoms with Gasteiger partial charge < -0.3 is 4.74 Å². The lowest BCUT2D eigenvalue weighted by Crippen LogP contribution is -2.00. The fraction of sp³-hybridized carbons (Fsp3) is 0.200. The Morgan fingerprint density at radius 2 is 2.07 bits per heavy atom. The number of carbonyl (C=O) groups is 1. The Balaban J connectivity index is 1.97. The molecule has 0 radical (unpaired) electrons. The highest BCUT2D eigenvalue weighted by Gasteiger charge is 2.17. The van der Waals surface area contributed by atoms with Crippen LogP contribution in [0.25, 0.3) is 0 Å². The second kappa shape index (κ2) is 3.91. The van der Waals surface area contributed by atoms with Gasteiger partial charge in [0.2, 0.25) is 0 Å². The lowest BCUT2D eigenvalue weighted by molar-refractivity contribution is -0.137. The monoisotopic (exact) mass is 190 g/mol. The van der Waals surface area contributed by atoms with Gasteiger partial charge in [0, 0.05) is 0 Å². The first-order valence-corrected chi connectivity index (χ1v) is 4.37. The molecule has 0 aliphatic carbocycles. The number of esters is 1. The summed E-state index contributed by atoms with van der Waals surface area (Å²) in [5.74, 6) is -0.210. The molecule has 1 aliphatic heterocycles. The van der Waals surface area contributed by atoms with Crippen LogP contribution in [0.4, 0.5) is 5.69 Å². The molecule has 2 rings (SSSR count). The van der Waals surface area contributed by atoms with E-state index in [2.05, 4.69) is 10.5 Å². The fourth-order valence-corrected chi connectivity index (χ4v) is 1.16. The summed E-state index contributed by atoms with van der Waals surface area (Å²) < 4.78 is 4.74. The van der Waals surface area contributed by atoms with E-state index in [-0.39, 0.29) is 5.97 Å². The normalized spacial score (nSPS) is 18.3. The molecule has 0 bridgehead atoms. The number of ether oxygens (including phenoxy) is 1. The smallest absolute Gasteiger partial charge is 0.312 e. The molecule has 4 heteroatoms. The molecule has 1 fully saturated rings. The summed E-state index contributed by atoms with van der Waals surface area (Å²) in [7, 11) is 0. The van der Waals surface area contributed by atoms with Gasteiger partial charge in [-0.1, -0.05) is 18.2 Å². The molecule has 1 aromatic rings. The minimum absolute atomic E-state index is 0.210. The molecule has 1 heterocycles. The summed E-state index contributed by atoms with van der Waals surface area (Å²) >= 11 is 0. The Labute approximate surface area is 81.6 Å². The molecule has 0 aromatic heterocycles. The van der Waals surface area contributed by atoms with Gasteiger partial charge in [0.1, 0.15) is 6.61 Å². The number of para-hydroxylation sites is 1. The van der Waals surface area contributed by atoms with Crippen molar-refractivity contribution in [3.05, 3.63) is 30.3 Å². The first-order chi connectivity index (χ1) is 6.84. The average Bonchev–Trinajstić information content (AvgIpc) is 2.63. The van der Waals surface area contributed by atoms with Crippen LogP contribution in [-0.4, -0.2) is 18.3 Å². The molecule has 1 N–H and O–H groups in total. The summed E-state index contributed by atoms with van der Waals surface area (Å²) in [6.45, 7) is 0.304. The summed E-state index contributed by atoms with van der Waals surface area (Å²) in [4.78, 5) is 10.7. The number of hydrogen-bond donors (Lipinski definition) is 1. The number of hydrogen-bond acceptors (Lipinski definition) is 4. The highest BCUT2D eigenvalue weighted by Crippen LogP contribution is 2.07. The number of nitrogens with zero attached hydrogens (tertiary/aromatic N) is 1. The van der Waals surface area contributed by atoms with Crippen molar-refractivity contribution in [1.82, 2.24) is 0 Å². The largest absolute Gasteiger partial charge is 0.459 e. The van der Waals surface area contributed by atoms with Crippen LogP contribution in [0.2, 0.25) is 0 Å². The van der Waals surface area contributed by atoms with Crippen LogP contribution in [0.15, 0.2) is 35.4 Å². The Bertz CT molecular complexity index is 360. The van der Waals surface area contributed by atoms with Crippen LogP contribution < -0.4 is 5.43 Å². The maximum atomic E-state index is 10.7. The van der Waals surface area contributed by atoms with E-state index in [1.54, 1.807) is 0 Å². The second-order valence-corrected chi connectivity index (χ2v) is 2.99. The molecule has 1 saturated heterocycles. The topological polar surface area (TPSA) is 50.7 Å². The SMILES string of the molecule is O=C1CC(=NNc2ccccc2)CO1. The van der Waals surface area contributed by atoms with Gasteiger partial charge in [0.05, 0.1) is 17.8 Å². The lowest BCUT2D eigenvalue weighted by atomic mass is 10.3. The zero-order valence-electron chi connectivity index (χ0n) is 7.56. The zero-order valence-corrected chi connectivity index (χ0v) is 7.56. The molecule has 0 unspecified atom stereocenters. The predicted octanol–water partition coefficient (Wildman–Crippen LogP) is 1.40. The third kappa shape index (κ3) is 2.10. The molecule has 4 nitrogen and oxygen atoms in total. The number of carbonyl (C=O) groups excluding carboxylic acids is 1. The minimum atomic E-state index is -0.210. The second-order valence-electron chi connectivity index (χ2n) is 2.99. The van der Waals surface area contributed by atoms with Crippen LogP contribution in [-0.2, 0) is 9.53 Å². The molecule has 0 amide bonds. The van der Waals surface area contributed by atoms with Gasteiger partial charge in [-0.3, -0.25) is 10.2 Å². The number of benzene rings is 1. The average molecular weight is 190 g/mol. The van der Waals surface area contributed by atoms with Crippen molar-refractivity contribution in [2.24, 2.45) is 5.10 Å². The Kier molecular flexibility index (Phi) is 2.44. The standard InChI is InChI=1S/C10H10N2O2/c13-10-6-9(7-14-10)12-11-8-4-2-1-3-5-8/h1-5,11H,6-7H2. The van der Waals surface area contributed by atoms with E-state index in [9.17, 15) is 4.79 Å². The van der Waals surface area contributed by atoms with Gasteiger partial charge in [-0.2, -0.15) is 5.10 Å². The quantitative estimate of drug-likeness (QED) is 0.566. The van der Waals surface area contributed by atoms with Crippen molar-refractivity contribution in [1.29, 1.82) is 0 Å². The number of hydrazone groups is 1. The maximum absolute atomic E-state index is 10.7. The molecule has 1 aromatic carbocycles. The Hall–Kier alpha value is -1.84. The van der Waals surface area contributed by atoms with Crippen LogP contribution in [0.5, 0.6) is 0 Å². The number of nitrogens with one attached hydrogen (secondary N) is 1. The number of anilines is 1. The third-order valence-electron chi connectivity index (χ3n) is 1.87. The van der Waals surface area contributed by atoms with Crippen LogP contribution >= 0.6 is 0 Å². The van der Waals surface area contributed by atoms with Crippen LogP contribution in [0.1, 0.15) is 6.42 Å². The van der Waals surface area contributed by atoms with Crippen molar-refractivity contribution in [2.45, 2.75) is 6.42 Å². The molecular weight excluding hydrogens is 180 g/mol. The van der Waals surface area contributed by atoms with Gasteiger partial charge in [-0.05, 0) is 12.1 Å². The summed E-state index contributed by atoms with van der Waals surface area (Å²) in [6.07, 6.45) is 0.292. The first kappa shape index (κ1) is 8.74. The summed E-state index contributed by atoms with van der Waals surface area (Å²) in [5.41, 5.74) is 4.50. The summed E-state index contributed by atoms with van der Waals surface area (Å²) in [6, 6.07) is 9.57. The predicted molar refractivity (Wildman–Crippen MR) is 53.1 cm³/mol. The Morgan fingerprint density at radius 3 is 2.71 bits per heavy atom. The van der Waals surface area contributed by atoms with Crippen molar-refractivity contribution in [3.63, 3.8) is 0 Å². The van der Waals surface area contributed by atoms with Crippen LogP contribution in [0.3, 0.4) is 0 Å². The van der Waals surface area contributed by atoms with E-state index in [1.165, 1.54) is 0 Å². The molecular formula is C10H10N2O2. The van der Waals surface area contributed by atoms with Crippen molar-refractivity contribution in [3.8, 4) is 0 Å². The molecule has 0 saturated carbocycles. The molecule has 72 valence electrons. The van der Waals surface area contributed by atoms with Crippen LogP contribution in [0, 0.1) is 0 Å². The highest BCUT2D eigenvalue weighted by molar-refractivity contribution is 6.04. The zero-order chi connectivity index (χ0) is 9.80. The Morgan fingerprint density at radius 1 is 1.29 bits per heavy atom. The highest BCUT2D eigenvalue weighted by atomic mass is 16.5. The molecule has 14 heavy (non-hydrogen) atoms.